The molecule has 0 bridgehead atoms. The van der Waals surface area contributed by atoms with Crippen LogP contribution in [0.2, 0.25) is 0 Å². The lowest BCUT2D eigenvalue weighted by atomic mass is 10.1. The summed E-state index contributed by atoms with van der Waals surface area (Å²) in [6, 6.07) is 0. The zero-order valence-corrected chi connectivity index (χ0v) is 11.5. The molecule has 1 aliphatic rings. The van der Waals surface area contributed by atoms with E-state index in [0.29, 0.717) is 0 Å². The smallest absolute Gasteiger partial charge is 0.260 e. The van der Waals surface area contributed by atoms with Crippen LogP contribution in [0, 0.1) is 0 Å². The van der Waals surface area contributed by atoms with Gasteiger partial charge in [0.15, 0.2) is 12.1 Å². The van der Waals surface area contributed by atoms with Crippen LogP contribution in [-0.2, 0) is 4.74 Å². The number of hydrogen-bond donors (Lipinski definition) is 5. The molecular weight excluding hydrogens is 294 g/mol. The predicted molar refractivity (Wildman–Crippen MR) is 74.5 cm³/mol. The Morgan fingerprint density at radius 3 is 2.82 bits per heavy atom. The fraction of sp³-hybridized carbons (Fsp3) is 0.417. The molecule has 2 aromatic rings. The number of nitrogens with two attached hydrogens (primary N) is 1. The van der Waals surface area contributed by atoms with Crippen LogP contribution in [0.4, 0.5) is 0 Å². The summed E-state index contributed by atoms with van der Waals surface area (Å²) in [5.74, 6) is -0.275. The van der Waals surface area contributed by atoms with E-state index in [0.717, 1.165) is 0 Å². The molecule has 3 rings (SSSR count). The summed E-state index contributed by atoms with van der Waals surface area (Å²) in [5, 5.41) is 31.8. The monoisotopic (exact) mass is 309 g/mol. The molecule has 0 aromatic carbocycles. The number of amidine groups is 1. The maximum Gasteiger partial charge on any atom is 0.260 e. The Labute approximate surface area is 123 Å². The molecule has 0 radical (unpaired) electrons. The van der Waals surface area contributed by atoms with Crippen molar-refractivity contribution in [1.29, 1.82) is 0 Å². The lowest BCUT2D eigenvalue weighted by Gasteiger charge is -2.17. The molecule has 1 unspecified atom stereocenters. The quantitative estimate of drug-likeness (QED) is 0.194. The molecule has 22 heavy (non-hydrogen) atoms. The fourth-order valence-electron chi connectivity index (χ4n) is 2.59. The summed E-state index contributed by atoms with van der Waals surface area (Å²) in [4.78, 5) is 18.5. The highest BCUT2D eigenvalue weighted by Gasteiger charge is 2.42. The molecule has 2 aromatic heterocycles. The summed E-state index contributed by atoms with van der Waals surface area (Å²) < 4.78 is 6.90. The van der Waals surface area contributed by atoms with Crippen molar-refractivity contribution in [2.75, 3.05) is 0 Å². The molecule has 4 atom stereocenters. The molecule has 1 fully saturated rings. The van der Waals surface area contributed by atoms with Gasteiger partial charge in [-0.1, -0.05) is 5.16 Å². The van der Waals surface area contributed by atoms with Crippen LogP contribution in [-0.4, -0.2) is 54.1 Å². The molecule has 10 nitrogen and oxygen atoms in total. The van der Waals surface area contributed by atoms with Crippen LogP contribution in [0.25, 0.3) is 11.0 Å². The van der Waals surface area contributed by atoms with Gasteiger partial charge >= 0.3 is 0 Å². The summed E-state index contributed by atoms with van der Waals surface area (Å²) in [6.07, 6.45) is -1.23. The Morgan fingerprint density at radius 2 is 2.23 bits per heavy atom. The second-order valence-electron chi connectivity index (χ2n) is 5.08. The first-order valence-electron chi connectivity index (χ1n) is 6.53. The fourth-order valence-corrected chi connectivity index (χ4v) is 2.59. The summed E-state index contributed by atoms with van der Waals surface area (Å²) in [7, 11) is 0. The minimum Gasteiger partial charge on any atom is -0.409 e. The van der Waals surface area contributed by atoms with E-state index in [1.807, 2.05) is 0 Å². The minimum absolute atomic E-state index is 0.0997. The molecule has 1 saturated heterocycles. The van der Waals surface area contributed by atoms with E-state index in [9.17, 15) is 15.0 Å². The van der Waals surface area contributed by atoms with Crippen molar-refractivity contribution in [2.45, 2.75) is 31.5 Å². The average Bonchev–Trinajstić information content (AvgIpc) is 3.01. The maximum atomic E-state index is 12.0. The topological polar surface area (TPSA) is 159 Å². The number of aromatic nitrogens is 3. The minimum atomic E-state index is -1.20. The Morgan fingerprint density at radius 1 is 1.50 bits per heavy atom. The van der Waals surface area contributed by atoms with Gasteiger partial charge in [-0.2, -0.15) is 0 Å². The van der Waals surface area contributed by atoms with Crippen LogP contribution in [0.5, 0.6) is 0 Å². The summed E-state index contributed by atoms with van der Waals surface area (Å²) in [6.45, 7) is 1.62. The van der Waals surface area contributed by atoms with Gasteiger partial charge in [0.05, 0.1) is 23.4 Å². The van der Waals surface area contributed by atoms with Crippen molar-refractivity contribution in [1.82, 2.24) is 14.5 Å². The lowest BCUT2D eigenvalue weighted by Crippen LogP contribution is -2.30. The van der Waals surface area contributed by atoms with Crippen molar-refractivity contribution in [3.05, 3.63) is 28.4 Å². The Bertz CT molecular complexity index is 797. The van der Waals surface area contributed by atoms with Gasteiger partial charge in [-0.15, -0.1) is 0 Å². The lowest BCUT2D eigenvalue weighted by molar-refractivity contribution is -0.0296. The number of aliphatic hydroxyl groups is 2. The second kappa shape index (κ2) is 5.09. The van der Waals surface area contributed by atoms with Gasteiger partial charge in [0, 0.05) is 6.20 Å². The van der Waals surface area contributed by atoms with Gasteiger partial charge in [-0.25, -0.2) is 4.98 Å². The van der Waals surface area contributed by atoms with Crippen molar-refractivity contribution >= 4 is 16.9 Å². The summed E-state index contributed by atoms with van der Waals surface area (Å²) >= 11 is 0. The van der Waals surface area contributed by atoms with E-state index in [1.165, 1.54) is 17.1 Å². The Hall–Kier alpha value is -2.43. The second-order valence-corrected chi connectivity index (χ2v) is 5.08. The number of hydrogen-bond acceptors (Lipinski definition) is 7. The number of fused-ring (bicyclic) bond motifs is 1. The van der Waals surface area contributed by atoms with E-state index in [4.69, 9.17) is 15.7 Å². The normalized spacial score (nSPS) is 29.3. The maximum absolute atomic E-state index is 12.0. The molecule has 0 aliphatic carbocycles. The predicted octanol–water partition coefficient (Wildman–Crippen LogP) is -1.54. The van der Waals surface area contributed by atoms with Crippen LogP contribution >= 0.6 is 0 Å². The molecule has 0 amide bonds. The first-order valence-corrected chi connectivity index (χ1v) is 6.53. The number of H-pyrrole nitrogens is 1. The summed E-state index contributed by atoms with van der Waals surface area (Å²) in [5.41, 5.74) is 5.44. The number of aliphatic hydroxyl groups excluding tert-OH is 2. The van der Waals surface area contributed by atoms with Crippen LogP contribution in [0.15, 0.2) is 22.5 Å². The SMILES string of the molecule is C[C@H]1OC(n2cc(/C(N)=N/O)c3c(=O)[nH]cnc32)[C@H](O)[C@@H]1O. The van der Waals surface area contributed by atoms with Crippen molar-refractivity contribution < 1.29 is 20.2 Å². The van der Waals surface area contributed by atoms with Gasteiger partial charge in [0.25, 0.3) is 5.56 Å². The number of ether oxygens (including phenoxy) is 1. The molecule has 1 aliphatic heterocycles. The van der Waals surface area contributed by atoms with Crippen LogP contribution in [0.3, 0.4) is 0 Å². The van der Waals surface area contributed by atoms with Gasteiger partial charge in [-0.3, -0.25) is 4.79 Å². The first kappa shape index (κ1) is 14.5. The molecule has 0 saturated carbocycles. The van der Waals surface area contributed by atoms with E-state index in [1.54, 1.807) is 6.92 Å². The van der Waals surface area contributed by atoms with Crippen molar-refractivity contribution in [2.24, 2.45) is 10.9 Å². The van der Waals surface area contributed by atoms with Crippen LogP contribution < -0.4 is 11.3 Å². The van der Waals surface area contributed by atoms with E-state index >= 15 is 0 Å². The molecule has 3 heterocycles. The standard InChI is InChI=1S/C12H15N5O5/c1-4-7(18)8(19)12(22-4)17-2-5(9(13)16-21)6-10(17)14-3-15-11(6)20/h2-4,7-8,12,18-19,21H,1H3,(H2,13,16)(H,14,15,20)/t4-,7-,8-,12?/m1/s1. The zero-order chi connectivity index (χ0) is 16.0. The first-order chi connectivity index (χ1) is 10.5. The third-order valence-electron chi connectivity index (χ3n) is 3.75. The van der Waals surface area contributed by atoms with Gasteiger partial charge in [-0.05, 0) is 6.92 Å². The van der Waals surface area contributed by atoms with Gasteiger partial charge < -0.3 is 35.4 Å². The number of oxime groups is 1. The Balaban J connectivity index is 2.24. The third-order valence-corrected chi connectivity index (χ3v) is 3.75. The van der Waals surface area contributed by atoms with Crippen molar-refractivity contribution in [3.8, 4) is 0 Å². The van der Waals surface area contributed by atoms with Crippen molar-refractivity contribution in [3.63, 3.8) is 0 Å². The van der Waals surface area contributed by atoms with E-state index in [-0.39, 0.29) is 22.4 Å². The average molecular weight is 309 g/mol. The molecular formula is C12H15N5O5. The van der Waals surface area contributed by atoms with E-state index in [2.05, 4.69) is 15.1 Å². The van der Waals surface area contributed by atoms with Crippen LogP contribution in [0.1, 0.15) is 18.7 Å². The van der Waals surface area contributed by atoms with E-state index < -0.39 is 30.1 Å². The molecule has 118 valence electrons. The largest absolute Gasteiger partial charge is 0.409 e. The van der Waals surface area contributed by atoms with Gasteiger partial charge in [0.2, 0.25) is 0 Å². The number of nitrogens with zero attached hydrogens (tertiary/aromatic N) is 3. The number of aromatic amines is 1. The number of rotatable bonds is 2. The zero-order valence-electron chi connectivity index (χ0n) is 11.5. The highest BCUT2D eigenvalue weighted by molar-refractivity contribution is 6.07. The number of nitrogens with one attached hydrogen (secondary N) is 1. The molecule has 6 N–H and O–H groups in total. The highest BCUT2D eigenvalue weighted by Crippen LogP contribution is 2.32. The third kappa shape index (κ3) is 1.96. The molecule has 0 spiro atoms. The van der Waals surface area contributed by atoms with Gasteiger partial charge in [0.1, 0.15) is 17.9 Å². The highest BCUT2D eigenvalue weighted by atomic mass is 16.6. The Kier molecular flexibility index (Phi) is 3.35. The molecule has 10 heteroatoms.